The van der Waals surface area contributed by atoms with Gasteiger partial charge in [-0.2, -0.15) is 5.10 Å². The highest BCUT2D eigenvalue weighted by molar-refractivity contribution is 5.43. The number of nitrogens with zero attached hydrogens (tertiary/aromatic N) is 3. The van der Waals surface area contributed by atoms with Crippen LogP contribution in [0.3, 0.4) is 0 Å². The van der Waals surface area contributed by atoms with Gasteiger partial charge in [-0.1, -0.05) is 0 Å². The van der Waals surface area contributed by atoms with Crippen LogP contribution in [0.25, 0.3) is 0 Å². The van der Waals surface area contributed by atoms with Gasteiger partial charge < -0.3 is 10.3 Å². The second kappa shape index (κ2) is 4.45. The molecule has 0 aliphatic heterocycles. The van der Waals surface area contributed by atoms with E-state index in [-0.39, 0.29) is 5.56 Å². The molecule has 5 heteroatoms. The minimum atomic E-state index is -0.0408. The predicted molar refractivity (Wildman–Crippen MR) is 66.9 cm³/mol. The number of aromatic nitrogens is 3. The van der Waals surface area contributed by atoms with E-state index in [1.54, 1.807) is 23.0 Å². The number of rotatable bonds is 3. The SMILES string of the molecule is CCn1cc(Cn2cc(N)c(C)cc2=O)cn1. The van der Waals surface area contributed by atoms with Crippen molar-refractivity contribution in [3.63, 3.8) is 0 Å². The van der Waals surface area contributed by atoms with E-state index in [1.807, 2.05) is 24.7 Å². The molecule has 0 unspecified atom stereocenters. The van der Waals surface area contributed by atoms with Crippen LogP contribution in [0.4, 0.5) is 5.69 Å². The van der Waals surface area contributed by atoms with Crippen molar-refractivity contribution >= 4 is 5.69 Å². The van der Waals surface area contributed by atoms with Gasteiger partial charge in [-0.3, -0.25) is 9.48 Å². The number of hydrogen-bond donors (Lipinski definition) is 1. The summed E-state index contributed by atoms with van der Waals surface area (Å²) in [6, 6.07) is 1.56. The van der Waals surface area contributed by atoms with Crippen molar-refractivity contribution in [1.82, 2.24) is 14.3 Å². The molecule has 5 nitrogen and oxygen atoms in total. The molecule has 0 aromatic carbocycles. The maximum absolute atomic E-state index is 11.8. The van der Waals surface area contributed by atoms with E-state index >= 15 is 0 Å². The summed E-state index contributed by atoms with van der Waals surface area (Å²) in [6.07, 6.45) is 5.38. The average Bonchev–Trinajstić information content (AvgIpc) is 2.73. The number of nitrogens with two attached hydrogens (primary N) is 1. The van der Waals surface area contributed by atoms with Crippen LogP contribution in [0.15, 0.2) is 29.5 Å². The highest BCUT2D eigenvalue weighted by atomic mass is 16.1. The number of anilines is 1. The Labute approximate surface area is 99.5 Å². The normalized spacial score (nSPS) is 10.7. The van der Waals surface area contributed by atoms with Crippen molar-refractivity contribution in [3.05, 3.63) is 46.1 Å². The zero-order chi connectivity index (χ0) is 12.4. The number of aryl methyl sites for hydroxylation is 2. The first kappa shape index (κ1) is 11.4. The first-order chi connectivity index (χ1) is 8.10. The topological polar surface area (TPSA) is 65.8 Å². The number of pyridine rings is 1. The van der Waals surface area contributed by atoms with Gasteiger partial charge in [0.15, 0.2) is 0 Å². The van der Waals surface area contributed by atoms with Gasteiger partial charge >= 0.3 is 0 Å². The van der Waals surface area contributed by atoms with E-state index in [1.165, 1.54) is 0 Å². The second-order valence-corrected chi connectivity index (χ2v) is 4.08. The molecule has 2 N–H and O–H groups in total. The molecule has 0 fully saturated rings. The Morgan fingerprint density at radius 3 is 2.82 bits per heavy atom. The first-order valence-electron chi connectivity index (χ1n) is 5.58. The third-order valence-electron chi connectivity index (χ3n) is 2.74. The molecule has 0 bridgehead atoms. The summed E-state index contributed by atoms with van der Waals surface area (Å²) in [5, 5.41) is 4.17. The minimum Gasteiger partial charge on any atom is -0.397 e. The zero-order valence-corrected chi connectivity index (χ0v) is 10.1. The Morgan fingerprint density at radius 1 is 1.41 bits per heavy atom. The lowest BCUT2D eigenvalue weighted by Crippen LogP contribution is -2.20. The minimum absolute atomic E-state index is 0.0408. The Kier molecular flexibility index (Phi) is 2.99. The lowest BCUT2D eigenvalue weighted by atomic mass is 10.2. The van der Waals surface area contributed by atoms with E-state index in [2.05, 4.69) is 5.10 Å². The first-order valence-corrected chi connectivity index (χ1v) is 5.58. The van der Waals surface area contributed by atoms with Gasteiger partial charge in [0.2, 0.25) is 0 Å². The molecular weight excluding hydrogens is 216 g/mol. The van der Waals surface area contributed by atoms with E-state index < -0.39 is 0 Å². The maximum atomic E-state index is 11.8. The summed E-state index contributed by atoms with van der Waals surface area (Å²) in [4.78, 5) is 11.8. The lowest BCUT2D eigenvalue weighted by Gasteiger charge is -2.06. The van der Waals surface area contributed by atoms with Crippen LogP contribution >= 0.6 is 0 Å². The van der Waals surface area contributed by atoms with Gasteiger partial charge in [-0.15, -0.1) is 0 Å². The lowest BCUT2D eigenvalue weighted by molar-refractivity contribution is 0.658. The fraction of sp³-hybridized carbons (Fsp3) is 0.333. The van der Waals surface area contributed by atoms with Gasteiger partial charge in [0.25, 0.3) is 5.56 Å². The zero-order valence-electron chi connectivity index (χ0n) is 10.1. The third-order valence-corrected chi connectivity index (χ3v) is 2.74. The van der Waals surface area contributed by atoms with Crippen molar-refractivity contribution in [2.24, 2.45) is 0 Å². The van der Waals surface area contributed by atoms with Crippen molar-refractivity contribution in [2.45, 2.75) is 26.9 Å². The smallest absolute Gasteiger partial charge is 0.251 e. The standard InChI is InChI=1S/C12H16N4O/c1-3-16-7-10(5-14-16)6-15-8-11(13)9(2)4-12(15)17/h4-5,7-8H,3,6,13H2,1-2H3. The van der Waals surface area contributed by atoms with E-state index in [0.717, 1.165) is 17.7 Å². The quantitative estimate of drug-likeness (QED) is 0.858. The summed E-state index contributed by atoms with van der Waals surface area (Å²) in [6.45, 7) is 5.18. The van der Waals surface area contributed by atoms with E-state index in [4.69, 9.17) is 5.73 Å². The summed E-state index contributed by atoms with van der Waals surface area (Å²) in [7, 11) is 0. The molecule has 2 aromatic heterocycles. The molecule has 2 heterocycles. The van der Waals surface area contributed by atoms with Crippen LogP contribution in [0, 0.1) is 6.92 Å². The molecule has 17 heavy (non-hydrogen) atoms. The summed E-state index contributed by atoms with van der Waals surface area (Å²) >= 11 is 0. The summed E-state index contributed by atoms with van der Waals surface area (Å²) in [5.74, 6) is 0. The molecule has 0 spiro atoms. The number of hydrogen-bond acceptors (Lipinski definition) is 3. The van der Waals surface area contributed by atoms with Crippen molar-refractivity contribution < 1.29 is 0 Å². The molecular formula is C12H16N4O. The fourth-order valence-electron chi connectivity index (χ4n) is 1.67. The summed E-state index contributed by atoms with van der Waals surface area (Å²) < 4.78 is 3.43. The van der Waals surface area contributed by atoms with Crippen LogP contribution in [0.2, 0.25) is 0 Å². The molecule has 2 rings (SSSR count). The van der Waals surface area contributed by atoms with Crippen molar-refractivity contribution in [1.29, 1.82) is 0 Å². The van der Waals surface area contributed by atoms with Gasteiger partial charge in [0, 0.05) is 30.6 Å². The second-order valence-electron chi connectivity index (χ2n) is 4.08. The molecule has 90 valence electrons. The van der Waals surface area contributed by atoms with Gasteiger partial charge in [-0.25, -0.2) is 0 Å². The van der Waals surface area contributed by atoms with Crippen LogP contribution in [-0.2, 0) is 13.1 Å². The van der Waals surface area contributed by atoms with Crippen molar-refractivity contribution in [2.75, 3.05) is 5.73 Å². The Hall–Kier alpha value is -2.04. The molecule has 0 aliphatic carbocycles. The van der Waals surface area contributed by atoms with Crippen molar-refractivity contribution in [3.8, 4) is 0 Å². The highest BCUT2D eigenvalue weighted by Gasteiger charge is 2.03. The van der Waals surface area contributed by atoms with Crippen LogP contribution in [-0.4, -0.2) is 14.3 Å². The molecule has 0 amide bonds. The van der Waals surface area contributed by atoms with Crippen LogP contribution in [0.1, 0.15) is 18.1 Å². The maximum Gasteiger partial charge on any atom is 0.251 e. The average molecular weight is 232 g/mol. The Bertz CT molecular complexity index is 582. The largest absolute Gasteiger partial charge is 0.397 e. The molecule has 0 saturated carbocycles. The third kappa shape index (κ3) is 2.38. The molecule has 0 radical (unpaired) electrons. The van der Waals surface area contributed by atoms with E-state index in [9.17, 15) is 4.79 Å². The van der Waals surface area contributed by atoms with Crippen LogP contribution in [0.5, 0.6) is 0 Å². The van der Waals surface area contributed by atoms with E-state index in [0.29, 0.717) is 12.2 Å². The Balaban J connectivity index is 2.30. The van der Waals surface area contributed by atoms with Gasteiger partial charge in [0.1, 0.15) is 0 Å². The van der Waals surface area contributed by atoms with Gasteiger partial charge in [0.05, 0.1) is 18.4 Å². The summed E-state index contributed by atoms with van der Waals surface area (Å²) in [5.41, 5.74) is 8.20. The molecule has 0 aliphatic rings. The Morgan fingerprint density at radius 2 is 2.18 bits per heavy atom. The number of nitrogen functional groups attached to an aromatic ring is 1. The fourth-order valence-corrected chi connectivity index (χ4v) is 1.67. The van der Waals surface area contributed by atoms with Crippen LogP contribution < -0.4 is 11.3 Å². The highest BCUT2D eigenvalue weighted by Crippen LogP contribution is 2.07. The van der Waals surface area contributed by atoms with Gasteiger partial charge in [-0.05, 0) is 19.4 Å². The molecule has 2 aromatic rings. The predicted octanol–water partition coefficient (Wildman–Crippen LogP) is 1.00. The monoisotopic (exact) mass is 232 g/mol. The molecule has 0 atom stereocenters. The molecule has 0 saturated heterocycles.